The Balaban J connectivity index is 1.34. The van der Waals surface area contributed by atoms with Crippen LogP contribution in [-0.4, -0.2) is 20.9 Å². The summed E-state index contributed by atoms with van der Waals surface area (Å²) >= 11 is 4.46. The highest BCUT2D eigenvalue weighted by Gasteiger charge is 2.15. The fourth-order valence-electron chi connectivity index (χ4n) is 2.69. The Labute approximate surface area is 172 Å². The highest BCUT2D eigenvalue weighted by molar-refractivity contribution is 7.26. The lowest BCUT2D eigenvalue weighted by atomic mass is 10.2. The second kappa shape index (κ2) is 7.23. The van der Waals surface area contributed by atoms with Crippen molar-refractivity contribution in [3.63, 3.8) is 0 Å². The van der Waals surface area contributed by atoms with Gasteiger partial charge in [0, 0.05) is 23.3 Å². The number of amides is 1. The lowest BCUT2D eigenvalue weighted by molar-refractivity contribution is 0.103. The number of hydrogen-bond donors (Lipinski definition) is 1. The number of para-hydroxylation sites is 1. The lowest BCUT2D eigenvalue weighted by Gasteiger charge is -1.98. The molecule has 1 N–H and O–H groups in total. The standard InChI is InChI=1S/C20H12N4OS3/c25-18(24-20-23-14(11-26-20)12-4-3-9-21-10-12)16-7-8-17(27-16)19-22-13-5-1-2-6-15(13)28-19/h1-11H,(H,23,24,25). The molecule has 0 saturated heterocycles. The Morgan fingerprint density at radius 1 is 0.964 bits per heavy atom. The summed E-state index contributed by atoms with van der Waals surface area (Å²) in [6, 6.07) is 15.6. The van der Waals surface area contributed by atoms with Crippen LogP contribution in [0.3, 0.4) is 0 Å². The monoisotopic (exact) mass is 420 g/mol. The number of rotatable bonds is 4. The first kappa shape index (κ1) is 17.2. The average molecular weight is 421 g/mol. The summed E-state index contributed by atoms with van der Waals surface area (Å²) in [6.45, 7) is 0. The molecular weight excluding hydrogens is 408 g/mol. The molecule has 0 unspecified atom stereocenters. The predicted molar refractivity (Wildman–Crippen MR) is 116 cm³/mol. The van der Waals surface area contributed by atoms with Gasteiger partial charge < -0.3 is 0 Å². The zero-order valence-corrected chi connectivity index (χ0v) is 16.8. The van der Waals surface area contributed by atoms with E-state index in [1.807, 2.05) is 47.8 Å². The topological polar surface area (TPSA) is 67.8 Å². The van der Waals surface area contributed by atoms with Crippen molar-refractivity contribution < 1.29 is 4.79 Å². The molecule has 5 nitrogen and oxygen atoms in total. The van der Waals surface area contributed by atoms with E-state index < -0.39 is 0 Å². The number of benzene rings is 1. The van der Waals surface area contributed by atoms with Gasteiger partial charge in [-0.25, -0.2) is 9.97 Å². The molecule has 0 saturated carbocycles. The van der Waals surface area contributed by atoms with Crippen LogP contribution in [0, 0.1) is 0 Å². The van der Waals surface area contributed by atoms with Gasteiger partial charge in [-0.05, 0) is 36.4 Å². The van der Waals surface area contributed by atoms with Gasteiger partial charge in [-0.2, -0.15) is 0 Å². The molecule has 0 aliphatic rings. The maximum absolute atomic E-state index is 12.6. The van der Waals surface area contributed by atoms with E-state index in [0.717, 1.165) is 31.4 Å². The first-order valence-corrected chi connectivity index (χ1v) is 10.9. The van der Waals surface area contributed by atoms with Gasteiger partial charge in [-0.1, -0.05) is 12.1 Å². The summed E-state index contributed by atoms with van der Waals surface area (Å²) in [6.07, 6.45) is 3.47. The maximum atomic E-state index is 12.6. The molecule has 0 radical (unpaired) electrons. The van der Waals surface area contributed by atoms with Crippen molar-refractivity contribution >= 4 is 55.3 Å². The minimum Gasteiger partial charge on any atom is -0.297 e. The van der Waals surface area contributed by atoms with E-state index in [1.54, 1.807) is 23.7 Å². The molecule has 0 bridgehead atoms. The minimum absolute atomic E-state index is 0.163. The van der Waals surface area contributed by atoms with Crippen LogP contribution < -0.4 is 5.32 Å². The Kier molecular flexibility index (Phi) is 4.44. The van der Waals surface area contributed by atoms with Gasteiger partial charge in [0.1, 0.15) is 5.01 Å². The summed E-state index contributed by atoms with van der Waals surface area (Å²) in [5, 5.41) is 6.29. The van der Waals surface area contributed by atoms with Gasteiger partial charge in [0.15, 0.2) is 5.13 Å². The van der Waals surface area contributed by atoms with Crippen molar-refractivity contribution in [1.29, 1.82) is 0 Å². The van der Waals surface area contributed by atoms with E-state index in [4.69, 9.17) is 0 Å². The van der Waals surface area contributed by atoms with E-state index in [-0.39, 0.29) is 5.91 Å². The van der Waals surface area contributed by atoms with Crippen molar-refractivity contribution in [2.45, 2.75) is 0 Å². The number of nitrogens with one attached hydrogen (secondary N) is 1. The molecule has 4 heterocycles. The molecule has 1 amide bonds. The third-order valence-corrected chi connectivity index (χ3v) is 7.06. The van der Waals surface area contributed by atoms with Gasteiger partial charge in [0.05, 0.1) is 25.7 Å². The summed E-state index contributed by atoms with van der Waals surface area (Å²) < 4.78 is 1.14. The van der Waals surface area contributed by atoms with E-state index in [0.29, 0.717) is 10.0 Å². The molecule has 5 rings (SSSR count). The number of thiazole rings is 2. The van der Waals surface area contributed by atoms with E-state index in [9.17, 15) is 4.79 Å². The number of hydrogen-bond acceptors (Lipinski definition) is 7. The third kappa shape index (κ3) is 3.33. The largest absolute Gasteiger partial charge is 0.297 e. The number of anilines is 1. The number of pyridine rings is 1. The van der Waals surface area contributed by atoms with Crippen LogP contribution >= 0.6 is 34.0 Å². The zero-order valence-electron chi connectivity index (χ0n) is 14.3. The van der Waals surface area contributed by atoms with Crippen molar-refractivity contribution in [3.05, 3.63) is 71.2 Å². The Bertz CT molecular complexity index is 1240. The second-order valence-electron chi connectivity index (χ2n) is 5.88. The Morgan fingerprint density at radius 2 is 1.89 bits per heavy atom. The third-order valence-electron chi connectivity index (χ3n) is 4.02. The van der Waals surface area contributed by atoms with Crippen LogP contribution in [0.5, 0.6) is 0 Å². The summed E-state index contributed by atoms with van der Waals surface area (Å²) in [5.74, 6) is -0.163. The zero-order chi connectivity index (χ0) is 18.9. The fourth-order valence-corrected chi connectivity index (χ4v) is 5.33. The van der Waals surface area contributed by atoms with Crippen molar-refractivity contribution in [1.82, 2.24) is 15.0 Å². The molecule has 28 heavy (non-hydrogen) atoms. The SMILES string of the molecule is O=C(Nc1nc(-c2cccnc2)cs1)c1ccc(-c2nc3ccccc3s2)s1. The van der Waals surface area contributed by atoms with Crippen molar-refractivity contribution in [3.8, 4) is 21.1 Å². The van der Waals surface area contributed by atoms with Gasteiger partial charge >= 0.3 is 0 Å². The molecule has 136 valence electrons. The van der Waals surface area contributed by atoms with Gasteiger partial charge in [0.25, 0.3) is 5.91 Å². The number of carbonyl (C=O) groups is 1. The van der Waals surface area contributed by atoms with E-state index in [2.05, 4.69) is 26.3 Å². The number of thiophene rings is 1. The fraction of sp³-hybridized carbons (Fsp3) is 0. The molecular formula is C20H12N4OS3. The lowest BCUT2D eigenvalue weighted by Crippen LogP contribution is -2.09. The molecule has 8 heteroatoms. The molecule has 0 aliphatic heterocycles. The van der Waals surface area contributed by atoms with Crippen molar-refractivity contribution in [2.75, 3.05) is 5.32 Å². The number of carbonyl (C=O) groups excluding carboxylic acids is 1. The minimum atomic E-state index is -0.163. The average Bonchev–Trinajstić information content (AvgIpc) is 3.47. The van der Waals surface area contributed by atoms with Crippen LogP contribution in [0.2, 0.25) is 0 Å². The second-order valence-corrected chi connectivity index (χ2v) is 8.86. The predicted octanol–water partition coefficient (Wildman–Crippen LogP) is 5.80. The molecule has 0 spiro atoms. The van der Waals surface area contributed by atoms with Crippen molar-refractivity contribution in [2.24, 2.45) is 0 Å². The Morgan fingerprint density at radius 3 is 2.75 bits per heavy atom. The maximum Gasteiger partial charge on any atom is 0.267 e. The number of nitrogens with zero attached hydrogens (tertiary/aromatic N) is 3. The summed E-state index contributed by atoms with van der Waals surface area (Å²) in [7, 11) is 0. The van der Waals surface area contributed by atoms with Crippen LogP contribution in [0.4, 0.5) is 5.13 Å². The first-order valence-electron chi connectivity index (χ1n) is 8.39. The van der Waals surface area contributed by atoms with Crippen LogP contribution in [0.1, 0.15) is 9.67 Å². The first-order chi connectivity index (χ1) is 13.8. The van der Waals surface area contributed by atoms with Crippen LogP contribution in [0.15, 0.2) is 66.3 Å². The quantitative estimate of drug-likeness (QED) is 0.399. The van der Waals surface area contributed by atoms with Crippen LogP contribution in [-0.2, 0) is 0 Å². The van der Waals surface area contributed by atoms with Gasteiger partial charge in [0.2, 0.25) is 0 Å². The molecule has 0 atom stereocenters. The van der Waals surface area contributed by atoms with Gasteiger partial charge in [-0.15, -0.1) is 34.0 Å². The molecule has 5 aromatic rings. The highest BCUT2D eigenvalue weighted by atomic mass is 32.1. The highest BCUT2D eigenvalue weighted by Crippen LogP contribution is 2.34. The van der Waals surface area contributed by atoms with E-state index >= 15 is 0 Å². The van der Waals surface area contributed by atoms with E-state index in [1.165, 1.54) is 22.7 Å². The Hall–Kier alpha value is -2.94. The molecule has 0 aliphatic carbocycles. The summed E-state index contributed by atoms with van der Waals surface area (Å²) in [4.78, 5) is 27.5. The summed E-state index contributed by atoms with van der Waals surface area (Å²) in [5.41, 5.74) is 2.70. The molecule has 4 aromatic heterocycles. The van der Waals surface area contributed by atoms with Gasteiger partial charge in [-0.3, -0.25) is 15.1 Å². The number of aromatic nitrogens is 3. The molecule has 0 fully saturated rings. The molecule has 1 aromatic carbocycles. The number of fused-ring (bicyclic) bond motifs is 1. The smallest absolute Gasteiger partial charge is 0.267 e. The normalized spacial score (nSPS) is 11.0. The van der Waals surface area contributed by atoms with Crippen LogP contribution in [0.25, 0.3) is 31.4 Å².